The molecule has 16 heavy (non-hydrogen) atoms. The van der Waals surface area contributed by atoms with Crippen LogP contribution in [0.2, 0.25) is 5.02 Å². The summed E-state index contributed by atoms with van der Waals surface area (Å²) in [6, 6.07) is 6.07. The summed E-state index contributed by atoms with van der Waals surface area (Å²) in [5, 5.41) is 0.792. The average Bonchev–Trinajstić information content (AvgIpc) is 2.74. The smallest absolute Gasteiger partial charge is 0.0594 e. The van der Waals surface area contributed by atoms with Crippen LogP contribution in [0.5, 0.6) is 0 Å². The molecule has 1 aromatic carbocycles. The van der Waals surface area contributed by atoms with Gasteiger partial charge >= 0.3 is 0 Å². The molecule has 0 spiro atoms. The number of benzene rings is 1. The minimum atomic E-state index is 0.0289. The molecule has 2 atom stereocenters. The Morgan fingerprint density at radius 2 is 2.38 bits per heavy atom. The molecule has 1 aliphatic rings. The molecule has 2 rings (SSSR count). The van der Waals surface area contributed by atoms with Gasteiger partial charge in [-0.15, -0.1) is 0 Å². The summed E-state index contributed by atoms with van der Waals surface area (Å²) in [5.74, 6) is 0. The highest BCUT2D eigenvalue weighted by Gasteiger charge is 2.19. The lowest BCUT2D eigenvalue weighted by Crippen LogP contribution is -2.18. The molecule has 1 aromatic rings. The summed E-state index contributed by atoms with van der Waals surface area (Å²) in [6.07, 6.45) is 3.51. The summed E-state index contributed by atoms with van der Waals surface area (Å²) in [6.45, 7) is 2.88. The number of hydrogen-bond acceptors (Lipinski definition) is 2. The molecule has 0 saturated carbocycles. The van der Waals surface area contributed by atoms with Crippen LogP contribution in [0, 0.1) is 6.92 Å². The van der Waals surface area contributed by atoms with Crippen LogP contribution >= 0.6 is 11.6 Å². The second-order valence-electron chi connectivity index (χ2n) is 4.49. The van der Waals surface area contributed by atoms with Gasteiger partial charge in [-0.2, -0.15) is 0 Å². The fourth-order valence-corrected chi connectivity index (χ4v) is 2.28. The Morgan fingerprint density at radius 3 is 3.00 bits per heavy atom. The van der Waals surface area contributed by atoms with Crippen molar-refractivity contribution >= 4 is 11.6 Å². The zero-order chi connectivity index (χ0) is 11.5. The van der Waals surface area contributed by atoms with Crippen molar-refractivity contribution in [1.82, 2.24) is 0 Å². The molecular weight excluding hydrogens is 222 g/mol. The maximum absolute atomic E-state index is 6.16. The van der Waals surface area contributed by atoms with E-state index in [0.717, 1.165) is 42.0 Å². The van der Waals surface area contributed by atoms with Crippen molar-refractivity contribution in [3.8, 4) is 0 Å². The molecule has 0 aliphatic carbocycles. The lowest BCUT2D eigenvalue weighted by molar-refractivity contribution is 0.0983. The highest BCUT2D eigenvalue weighted by Crippen LogP contribution is 2.26. The standard InChI is InChI=1S/C13H18ClNO/c1-9-4-5-10(7-12(9)14)13(15)8-11-3-2-6-16-11/h4-5,7,11,13H,2-3,6,8,15H2,1H3. The predicted octanol–water partition coefficient (Wildman–Crippen LogP) is 3.22. The van der Waals surface area contributed by atoms with Crippen molar-refractivity contribution in [2.75, 3.05) is 6.61 Å². The Labute approximate surface area is 102 Å². The normalized spacial score (nSPS) is 22.3. The lowest BCUT2D eigenvalue weighted by atomic mass is 9.99. The minimum Gasteiger partial charge on any atom is -0.378 e. The van der Waals surface area contributed by atoms with Crippen molar-refractivity contribution in [2.24, 2.45) is 5.73 Å². The molecule has 0 aromatic heterocycles. The van der Waals surface area contributed by atoms with Gasteiger partial charge in [0.25, 0.3) is 0 Å². The first kappa shape index (κ1) is 11.9. The Kier molecular flexibility index (Phi) is 3.85. The monoisotopic (exact) mass is 239 g/mol. The number of rotatable bonds is 3. The first-order valence-corrected chi connectivity index (χ1v) is 6.18. The number of hydrogen-bond donors (Lipinski definition) is 1. The van der Waals surface area contributed by atoms with Crippen molar-refractivity contribution < 1.29 is 4.74 Å². The Hall–Kier alpha value is -0.570. The van der Waals surface area contributed by atoms with E-state index in [1.165, 1.54) is 0 Å². The zero-order valence-electron chi connectivity index (χ0n) is 9.58. The molecule has 0 amide bonds. The van der Waals surface area contributed by atoms with Gasteiger partial charge in [-0.05, 0) is 43.4 Å². The third kappa shape index (κ3) is 2.76. The molecular formula is C13H18ClNO. The first-order valence-electron chi connectivity index (χ1n) is 5.80. The summed E-state index contributed by atoms with van der Waals surface area (Å²) < 4.78 is 5.59. The number of nitrogens with two attached hydrogens (primary N) is 1. The first-order chi connectivity index (χ1) is 7.66. The third-order valence-electron chi connectivity index (χ3n) is 3.16. The van der Waals surface area contributed by atoms with Crippen LogP contribution in [-0.4, -0.2) is 12.7 Å². The van der Waals surface area contributed by atoms with Crippen LogP contribution < -0.4 is 5.73 Å². The van der Waals surface area contributed by atoms with E-state index in [1.54, 1.807) is 0 Å². The molecule has 2 nitrogen and oxygen atoms in total. The molecule has 1 fully saturated rings. The molecule has 1 aliphatic heterocycles. The highest BCUT2D eigenvalue weighted by molar-refractivity contribution is 6.31. The average molecular weight is 240 g/mol. The van der Waals surface area contributed by atoms with Crippen molar-refractivity contribution in [3.05, 3.63) is 34.3 Å². The van der Waals surface area contributed by atoms with E-state index >= 15 is 0 Å². The SMILES string of the molecule is Cc1ccc(C(N)CC2CCCO2)cc1Cl. The van der Waals surface area contributed by atoms with Crippen LogP contribution in [-0.2, 0) is 4.74 Å². The van der Waals surface area contributed by atoms with E-state index < -0.39 is 0 Å². The Bertz CT molecular complexity index is 361. The quantitative estimate of drug-likeness (QED) is 0.879. The van der Waals surface area contributed by atoms with Crippen LogP contribution in [0.3, 0.4) is 0 Å². The molecule has 3 heteroatoms. The summed E-state index contributed by atoms with van der Waals surface area (Å²) in [4.78, 5) is 0. The Morgan fingerprint density at radius 1 is 1.56 bits per heavy atom. The fourth-order valence-electron chi connectivity index (χ4n) is 2.09. The van der Waals surface area contributed by atoms with Crippen LogP contribution in [0.25, 0.3) is 0 Å². The third-order valence-corrected chi connectivity index (χ3v) is 3.57. The van der Waals surface area contributed by atoms with Crippen molar-refractivity contribution in [2.45, 2.75) is 38.3 Å². The van der Waals surface area contributed by atoms with Gasteiger partial charge in [-0.1, -0.05) is 23.7 Å². The lowest BCUT2D eigenvalue weighted by Gasteiger charge is -2.17. The molecule has 0 radical (unpaired) electrons. The molecule has 1 heterocycles. The van der Waals surface area contributed by atoms with Gasteiger partial charge in [0, 0.05) is 17.7 Å². The van der Waals surface area contributed by atoms with Crippen LogP contribution in [0.1, 0.15) is 36.4 Å². The summed E-state index contributed by atoms with van der Waals surface area (Å²) in [5.41, 5.74) is 8.35. The Balaban J connectivity index is 2.02. The molecule has 88 valence electrons. The number of aryl methyl sites for hydroxylation is 1. The van der Waals surface area contributed by atoms with E-state index in [0.29, 0.717) is 6.10 Å². The van der Waals surface area contributed by atoms with E-state index in [4.69, 9.17) is 22.1 Å². The molecule has 0 bridgehead atoms. The van der Waals surface area contributed by atoms with E-state index in [-0.39, 0.29) is 6.04 Å². The fraction of sp³-hybridized carbons (Fsp3) is 0.538. The second-order valence-corrected chi connectivity index (χ2v) is 4.89. The molecule has 2 unspecified atom stereocenters. The van der Waals surface area contributed by atoms with E-state index in [2.05, 4.69) is 6.07 Å². The maximum Gasteiger partial charge on any atom is 0.0594 e. The van der Waals surface area contributed by atoms with Gasteiger partial charge in [0.05, 0.1) is 6.10 Å². The highest BCUT2D eigenvalue weighted by atomic mass is 35.5. The van der Waals surface area contributed by atoms with Crippen molar-refractivity contribution in [1.29, 1.82) is 0 Å². The largest absolute Gasteiger partial charge is 0.378 e. The van der Waals surface area contributed by atoms with E-state index in [1.807, 2.05) is 19.1 Å². The summed E-state index contributed by atoms with van der Waals surface area (Å²) in [7, 11) is 0. The van der Waals surface area contributed by atoms with Gasteiger partial charge < -0.3 is 10.5 Å². The predicted molar refractivity (Wildman–Crippen MR) is 66.7 cm³/mol. The number of halogens is 1. The van der Waals surface area contributed by atoms with Gasteiger partial charge in [0.1, 0.15) is 0 Å². The van der Waals surface area contributed by atoms with Gasteiger partial charge in [0.15, 0.2) is 0 Å². The van der Waals surface area contributed by atoms with Crippen molar-refractivity contribution in [3.63, 3.8) is 0 Å². The second kappa shape index (κ2) is 5.17. The topological polar surface area (TPSA) is 35.2 Å². The van der Waals surface area contributed by atoms with Gasteiger partial charge in [-0.3, -0.25) is 0 Å². The van der Waals surface area contributed by atoms with E-state index in [9.17, 15) is 0 Å². The minimum absolute atomic E-state index is 0.0289. The summed E-state index contributed by atoms with van der Waals surface area (Å²) >= 11 is 6.09. The van der Waals surface area contributed by atoms with Crippen LogP contribution in [0.15, 0.2) is 18.2 Å². The van der Waals surface area contributed by atoms with Crippen LogP contribution in [0.4, 0.5) is 0 Å². The maximum atomic E-state index is 6.16. The van der Waals surface area contributed by atoms with Gasteiger partial charge in [0.2, 0.25) is 0 Å². The number of ether oxygens (including phenoxy) is 1. The van der Waals surface area contributed by atoms with Gasteiger partial charge in [-0.25, -0.2) is 0 Å². The zero-order valence-corrected chi connectivity index (χ0v) is 10.3. The molecule has 2 N–H and O–H groups in total. The molecule has 1 saturated heterocycles.